The Bertz CT molecular complexity index is 353. The number of rotatable bonds is 3. The van der Waals surface area contributed by atoms with Crippen LogP contribution in [0.3, 0.4) is 0 Å². The van der Waals surface area contributed by atoms with Gasteiger partial charge in [0.25, 0.3) is 0 Å². The van der Waals surface area contributed by atoms with E-state index in [4.69, 9.17) is 10.8 Å². The molecule has 14 heavy (non-hydrogen) atoms. The van der Waals surface area contributed by atoms with Crippen LogP contribution < -0.4 is 5.73 Å². The molecule has 1 rings (SSSR count). The molecular formula is C8H10N2O4. The van der Waals surface area contributed by atoms with E-state index in [1.165, 1.54) is 6.07 Å². The van der Waals surface area contributed by atoms with Crippen LogP contribution in [0.5, 0.6) is 5.75 Å². The number of phenolic OH excluding ortho intramolecular Hbond substituents is 1. The van der Waals surface area contributed by atoms with Gasteiger partial charge in [-0.1, -0.05) is 6.07 Å². The van der Waals surface area contributed by atoms with Gasteiger partial charge in [-0.15, -0.1) is 0 Å². The summed E-state index contributed by atoms with van der Waals surface area (Å²) in [5.41, 5.74) is 5.07. The maximum Gasteiger partial charge on any atom is 0.311 e. The molecule has 0 aliphatic carbocycles. The zero-order valence-electron chi connectivity index (χ0n) is 7.25. The summed E-state index contributed by atoms with van der Waals surface area (Å²) in [6.45, 7) is -0.0259. The van der Waals surface area contributed by atoms with E-state index in [9.17, 15) is 15.2 Å². The van der Waals surface area contributed by atoms with Crippen molar-refractivity contribution in [3.8, 4) is 5.75 Å². The number of aliphatic hydroxyl groups excluding tert-OH is 1. The normalized spacial score (nSPS) is 12.4. The number of nitro groups is 1. The molecule has 0 unspecified atom stereocenters. The lowest BCUT2D eigenvalue weighted by Gasteiger charge is -2.07. The fraction of sp³-hybridized carbons (Fsp3) is 0.250. The molecule has 0 heterocycles. The Labute approximate surface area is 79.7 Å². The summed E-state index contributed by atoms with van der Waals surface area (Å²) in [7, 11) is 0. The van der Waals surface area contributed by atoms with Crippen molar-refractivity contribution in [1.29, 1.82) is 0 Å². The number of aliphatic hydroxyl groups is 1. The molecule has 76 valence electrons. The van der Waals surface area contributed by atoms with Crippen molar-refractivity contribution in [3.63, 3.8) is 0 Å². The van der Waals surface area contributed by atoms with Crippen molar-refractivity contribution in [2.45, 2.75) is 6.10 Å². The molecule has 0 aliphatic rings. The van der Waals surface area contributed by atoms with E-state index in [1.54, 1.807) is 0 Å². The van der Waals surface area contributed by atoms with Crippen LogP contribution in [0.15, 0.2) is 18.2 Å². The summed E-state index contributed by atoms with van der Waals surface area (Å²) < 4.78 is 0. The van der Waals surface area contributed by atoms with Crippen molar-refractivity contribution in [2.75, 3.05) is 6.54 Å². The lowest BCUT2D eigenvalue weighted by Crippen LogP contribution is -2.11. The monoisotopic (exact) mass is 198 g/mol. The van der Waals surface area contributed by atoms with E-state index in [2.05, 4.69) is 0 Å². The van der Waals surface area contributed by atoms with Crippen molar-refractivity contribution in [1.82, 2.24) is 0 Å². The number of benzene rings is 1. The van der Waals surface area contributed by atoms with Crippen LogP contribution in [-0.2, 0) is 0 Å². The predicted molar refractivity (Wildman–Crippen MR) is 48.8 cm³/mol. The lowest BCUT2D eigenvalue weighted by molar-refractivity contribution is -0.386. The molecule has 0 amide bonds. The molecule has 4 N–H and O–H groups in total. The predicted octanol–water partition coefficient (Wildman–Crippen LogP) is 0.292. The molecule has 0 aromatic heterocycles. The Hall–Kier alpha value is -1.66. The fourth-order valence-electron chi connectivity index (χ4n) is 1.03. The second-order valence-corrected chi connectivity index (χ2v) is 2.76. The smallest absolute Gasteiger partial charge is 0.311 e. The van der Waals surface area contributed by atoms with E-state index in [1.807, 2.05) is 0 Å². The summed E-state index contributed by atoms with van der Waals surface area (Å²) in [6.07, 6.45) is -0.950. The molecule has 0 radical (unpaired) electrons. The fourth-order valence-corrected chi connectivity index (χ4v) is 1.03. The minimum absolute atomic E-state index is 0.0259. The Balaban J connectivity index is 3.12. The molecular weight excluding hydrogens is 188 g/mol. The van der Waals surface area contributed by atoms with Crippen LogP contribution in [0.4, 0.5) is 5.69 Å². The SMILES string of the molecule is NC[C@H](O)c1ccc(O)c([N+](=O)[O-])c1. The summed E-state index contributed by atoms with van der Waals surface area (Å²) >= 11 is 0. The first-order chi connectivity index (χ1) is 6.56. The standard InChI is InChI=1S/C8H10N2O4/c9-4-8(12)5-1-2-7(11)6(3-5)10(13)14/h1-3,8,11-12H,4,9H2/t8-/m0/s1. The van der Waals surface area contributed by atoms with Gasteiger partial charge in [0.1, 0.15) is 0 Å². The zero-order valence-corrected chi connectivity index (χ0v) is 7.25. The van der Waals surface area contributed by atoms with Crippen LogP contribution >= 0.6 is 0 Å². The number of aromatic hydroxyl groups is 1. The highest BCUT2D eigenvalue weighted by molar-refractivity contribution is 5.48. The van der Waals surface area contributed by atoms with Gasteiger partial charge in [-0.2, -0.15) is 0 Å². The van der Waals surface area contributed by atoms with E-state index in [0.717, 1.165) is 12.1 Å². The largest absolute Gasteiger partial charge is 0.502 e. The average Bonchev–Trinajstić information content (AvgIpc) is 2.17. The van der Waals surface area contributed by atoms with Crippen molar-refractivity contribution >= 4 is 5.69 Å². The van der Waals surface area contributed by atoms with E-state index >= 15 is 0 Å². The van der Waals surface area contributed by atoms with Crippen molar-refractivity contribution in [2.24, 2.45) is 5.73 Å². The highest BCUT2D eigenvalue weighted by atomic mass is 16.6. The summed E-state index contributed by atoms with van der Waals surface area (Å²) in [5.74, 6) is -0.428. The molecule has 0 spiro atoms. The van der Waals surface area contributed by atoms with Gasteiger partial charge in [-0.3, -0.25) is 10.1 Å². The number of hydrogen-bond donors (Lipinski definition) is 3. The van der Waals surface area contributed by atoms with Crippen LogP contribution in [0.25, 0.3) is 0 Å². The van der Waals surface area contributed by atoms with Gasteiger partial charge >= 0.3 is 5.69 Å². The summed E-state index contributed by atoms with van der Waals surface area (Å²) in [4.78, 5) is 9.70. The summed E-state index contributed by atoms with van der Waals surface area (Å²) in [6, 6.07) is 3.65. The van der Waals surface area contributed by atoms with Gasteiger partial charge in [0, 0.05) is 12.6 Å². The number of nitrogens with zero attached hydrogens (tertiary/aromatic N) is 1. The Morgan fingerprint density at radius 2 is 2.21 bits per heavy atom. The average molecular weight is 198 g/mol. The van der Waals surface area contributed by atoms with Crippen LogP contribution in [-0.4, -0.2) is 21.7 Å². The minimum Gasteiger partial charge on any atom is -0.502 e. The molecule has 0 bridgehead atoms. The van der Waals surface area contributed by atoms with E-state index < -0.39 is 22.5 Å². The molecule has 1 atom stereocenters. The number of hydrogen-bond acceptors (Lipinski definition) is 5. The molecule has 1 aromatic rings. The molecule has 0 fully saturated rings. The first-order valence-corrected chi connectivity index (χ1v) is 3.91. The quantitative estimate of drug-likeness (QED) is 0.477. The third-order valence-electron chi connectivity index (χ3n) is 1.80. The molecule has 6 heteroatoms. The van der Waals surface area contributed by atoms with Crippen LogP contribution in [0.2, 0.25) is 0 Å². The molecule has 1 aromatic carbocycles. The van der Waals surface area contributed by atoms with Gasteiger partial charge in [0.05, 0.1) is 11.0 Å². The highest BCUT2D eigenvalue weighted by Gasteiger charge is 2.16. The Morgan fingerprint density at radius 1 is 1.57 bits per heavy atom. The van der Waals surface area contributed by atoms with Crippen molar-refractivity contribution < 1.29 is 15.1 Å². The third-order valence-corrected chi connectivity index (χ3v) is 1.80. The number of nitro benzene ring substituents is 1. The first-order valence-electron chi connectivity index (χ1n) is 3.91. The second kappa shape index (κ2) is 4.03. The maximum atomic E-state index is 10.4. The van der Waals surface area contributed by atoms with Gasteiger partial charge < -0.3 is 15.9 Å². The Kier molecular flexibility index (Phi) is 3.00. The number of phenols is 1. The first kappa shape index (κ1) is 10.4. The minimum atomic E-state index is -0.950. The lowest BCUT2D eigenvalue weighted by atomic mass is 10.1. The van der Waals surface area contributed by atoms with Gasteiger partial charge in [0.2, 0.25) is 0 Å². The van der Waals surface area contributed by atoms with Gasteiger partial charge in [-0.25, -0.2) is 0 Å². The highest BCUT2D eigenvalue weighted by Crippen LogP contribution is 2.28. The van der Waals surface area contributed by atoms with Gasteiger partial charge in [0.15, 0.2) is 5.75 Å². The van der Waals surface area contributed by atoms with Gasteiger partial charge in [-0.05, 0) is 11.6 Å². The summed E-state index contributed by atoms with van der Waals surface area (Å²) in [5, 5.41) is 28.8. The topological polar surface area (TPSA) is 110 Å². The Morgan fingerprint density at radius 3 is 2.71 bits per heavy atom. The van der Waals surface area contributed by atoms with Crippen LogP contribution in [0, 0.1) is 10.1 Å². The van der Waals surface area contributed by atoms with E-state index in [0.29, 0.717) is 5.56 Å². The third kappa shape index (κ3) is 1.98. The molecule has 0 saturated carbocycles. The zero-order chi connectivity index (χ0) is 10.7. The molecule has 0 saturated heterocycles. The molecule has 0 aliphatic heterocycles. The van der Waals surface area contributed by atoms with Crippen molar-refractivity contribution in [3.05, 3.63) is 33.9 Å². The van der Waals surface area contributed by atoms with E-state index in [-0.39, 0.29) is 6.54 Å². The number of nitrogens with two attached hydrogens (primary N) is 1. The second-order valence-electron chi connectivity index (χ2n) is 2.76. The van der Waals surface area contributed by atoms with Crippen LogP contribution in [0.1, 0.15) is 11.7 Å². The maximum absolute atomic E-state index is 10.4. The molecule has 6 nitrogen and oxygen atoms in total.